The van der Waals surface area contributed by atoms with Crippen LogP contribution in [0.2, 0.25) is 0 Å². The molecule has 0 amide bonds. The Bertz CT molecular complexity index is 412. The third-order valence-electron chi connectivity index (χ3n) is 2.26. The van der Waals surface area contributed by atoms with Crippen LogP contribution in [0.5, 0.6) is 0 Å². The lowest BCUT2D eigenvalue weighted by molar-refractivity contribution is 0.876. The highest BCUT2D eigenvalue weighted by Gasteiger charge is 1.98. The first kappa shape index (κ1) is 9.00. The van der Waals surface area contributed by atoms with Crippen LogP contribution in [0.3, 0.4) is 0 Å². The van der Waals surface area contributed by atoms with Crippen molar-refractivity contribution >= 4 is 0 Å². The second kappa shape index (κ2) is 3.66. The summed E-state index contributed by atoms with van der Waals surface area (Å²) in [7, 11) is 0. The predicted molar refractivity (Wildman–Crippen MR) is 56.5 cm³/mol. The fourth-order valence-corrected chi connectivity index (χ4v) is 1.32. The maximum atomic E-state index is 4.18. The second-order valence-corrected chi connectivity index (χ2v) is 3.40. The van der Waals surface area contributed by atoms with Gasteiger partial charge in [0.2, 0.25) is 0 Å². The molecule has 1 aromatic carbocycles. The lowest BCUT2D eigenvalue weighted by atomic mass is 10.2. The second-order valence-electron chi connectivity index (χ2n) is 3.40. The van der Waals surface area contributed by atoms with Gasteiger partial charge < -0.3 is 0 Å². The molecule has 1 heterocycles. The number of nitrogens with zero attached hydrogens (tertiary/aromatic N) is 2. The van der Waals surface area contributed by atoms with Crippen molar-refractivity contribution in [2.75, 3.05) is 0 Å². The van der Waals surface area contributed by atoms with Crippen molar-refractivity contribution in [2.24, 2.45) is 0 Å². The third-order valence-corrected chi connectivity index (χ3v) is 2.26. The number of benzene rings is 1. The van der Waals surface area contributed by atoms with Gasteiger partial charge in [0.25, 0.3) is 0 Å². The van der Waals surface area contributed by atoms with Gasteiger partial charge in [0.15, 0.2) is 0 Å². The highest BCUT2D eigenvalue weighted by molar-refractivity contribution is 5.33. The van der Waals surface area contributed by atoms with Gasteiger partial charge in [-0.2, -0.15) is 5.10 Å². The minimum atomic E-state index is 0.978. The highest BCUT2D eigenvalue weighted by Crippen LogP contribution is 2.09. The van der Waals surface area contributed by atoms with E-state index in [0.717, 1.165) is 17.7 Å². The van der Waals surface area contributed by atoms with E-state index in [0.29, 0.717) is 0 Å². The van der Waals surface area contributed by atoms with Crippen molar-refractivity contribution in [3.05, 3.63) is 47.8 Å². The third kappa shape index (κ3) is 1.69. The quantitative estimate of drug-likeness (QED) is 0.703. The van der Waals surface area contributed by atoms with E-state index in [-0.39, 0.29) is 0 Å². The van der Waals surface area contributed by atoms with Gasteiger partial charge in [-0.25, -0.2) is 4.68 Å². The van der Waals surface area contributed by atoms with Gasteiger partial charge in [-0.05, 0) is 31.0 Å². The van der Waals surface area contributed by atoms with E-state index in [4.69, 9.17) is 0 Å². The average molecular weight is 185 g/mol. The molecule has 0 spiro atoms. The van der Waals surface area contributed by atoms with Gasteiger partial charge in [-0.15, -0.1) is 0 Å². The van der Waals surface area contributed by atoms with Crippen molar-refractivity contribution in [1.29, 1.82) is 0 Å². The fourth-order valence-electron chi connectivity index (χ4n) is 1.32. The van der Waals surface area contributed by atoms with Crippen molar-refractivity contribution in [3.63, 3.8) is 0 Å². The van der Waals surface area contributed by atoms with Gasteiger partial charge >= 0.3 is 0 Å². The number of aromatic nitrogens is 2. The fraction of sp³-hybridized carbons (Fsp3) is 0.250. The van der Waals surface area contributed by atoms with Crippen LogP contribution in [0, 0.1) is 13.1 Å². The standard InChI is InChI=1S/C12H13N2/c1-3-11-8-13-14(9-11)12-6-4-10(2)5-7-12/h4-7,9H,3H2,1-2H3. The van der Waals surface area contributed by atoms with E-state index in [9.17, 15) is 0 Å². The summed E-state index contributed by atoms with van der Waals surface area (Å²) in [6.45, 7) is 4.18. The van der Waals surface area contributed by atoms with Crippen LogP contribution in [0.25, 0.3) is 5.69 Å². The number of aryl methyl sites for hydroxylation is 2. The summed E-state index contributed by atoms with van der Waals surface area (Å²) in [6.07, 6.45) is 5.98. The Morgan fingerprint density at radius 3 is 2.57 bits per heavy atom. The van der Waals surface area contributed by atoms with Gasteiger partial charge in [0.05, 0.1) is 5.69 Å². The molecule has 0 saturated heterocycles. The zero-order valence-corrected chi connectivity index (χ0v) is 8.49. The average Bonchev–Trinajstić information content (AvgIpc) is 2.67. The molecule has 71 valence electrons. The molecule has 0 aliphatic carbocycles. The molecular weight excluding hydrogens is 172 g/mol. The lowest BCUT2D eigenvalue weighted by Gasteiger charge is -2.00. The summed E-state index contributed by atoms with van der Waals surface area (Å²) < 4.78 is 1.86. The number of rotatable bonds is 2. The maximum absolute atomic E-state index is 4.18. The van der Waals surface area contributed by atoms with Crippen LogP contribution in [-0.2, 0) is 6.42 Å². The molecule has 0 aliphatic heterocycles. The molecular formula is C12H13N2. The number of hydrogen-bond donors (Lipinski definition) is 0. The Hall–Kier alpha value is -1.57. The molecule has 0 unspecified atom stereocenters. The van der Waals surface area contributed by atoms with Crippen molar-refractivity contribution < 1.29 is 0 Å². The normalized spacial score (nSPS) is 10.4. The van der Waals surface area contributed by atoms with Gasteiger partial charge in [0.1, 0.15) is 6.20 Å². The summed E-state index contributed by atoms with van der Waals surface area (Å²) in [5.41, 5.74) is 3.50. The van der Waals surface area contributed by atoms with Gasteiger partial charge in [0, 0.05) is 6.20 Å². The van der Waals surface area contributed by atoms with E-state index in [2.05, 4.69) is 49.4 Å². The van der Waals surface area contributed by atoms with E-state index >= 15 is 0 Å². The van der Waals surface area contributed by atoms with Gasteiger partial charge in [-0.3, -0.25) is 0 Å². The van der Waals surface area contributed by atoms with Crippen LogP contribution < -0.4 is 0 Å². The zero-order valence-electron chi connectivity index (χ0n) is 8.49. The molecule has 14 heavy (non-hydrogen) atoms. The molecule has 0 saturated carbocycles. The molecule has 0 fully saturated rings. The van der Waals surface area contributed by atoms with Crippen LogP contribution >= 0.6 is 0 Å². The molecule has 2 nitrogen and oxygen atoms in total. The number of hydrogen-bond acceptors (Lipinski definition) is 1. The zero-order chi connectivity index (χ0) is 9.97. The highest BCUT2D eigenvalue weighted by atomic mass is 15.3. The molecule has 0 atom stereocenters. The van der Waals surface area contributed by atoms with Crippen LogP contribution in [-0.4, -0.2) is 9.78 Å². The van der Waals surface area contributed by atoms with Crippen LogP contribution in [0.4, 0.5) is 0 Å². The van der Waals surface area contributed by atoms with Crippen LogP contribution in [0.15, 0.2) is 30.5 Å². The van der Waals surface area contributed by atoms with E-state index in [1.807, 2.05) is 10.9 Å². The smallest absolute Gasteiger partial charge is 0.116 e. The predicted octanol–water partition coefficient (Wildman–Crippen LogP) is 2.54. The van der Waals surface area contributed by atoms with Crippen molar-refractivity contribution in [2.45, 2.75) is 20.3 Å². The Labute approximate surface area is 84.2 Å². The molecule has 2 aromatic rings. The van der Waals surface area contributed by atoms with Crippen LogP contribution in [0.1, 0.15) is 18.1 Å². The lowest BCUT2D eigenvalue weighted by Crippen LogP contribution is -1.93. The topological polar surface area (TPSA) is 17.8 Å². The van der Waals surface area contributed by atoms with Crippen molar-refractivity contribution in [1.82, 2.24) is 9.78 Å². The summed E-state index contributed by atoms with van der Waals surface area (Å²) in [6, 6.07) is 8.30. The summed E-state index contributed by atoms with van der Waals surface area (Å²) >= 11 is 0. The Morgan fingerprint density at radius 2 is 2.00 bits per heavy atom. The van der Waals surface area contributed by atoms with Gasteiger partial charge in [-0.1, -0.05) is 24.6 Å². The SMILES string of the molecule is CCc1[c]nn(-c2ccc(C)cc2)c1. The minimum absolute atomic E-state index is 0.978. The molecule has 2 rings (SSSR count). The van der Waals surface area contributed by atoms with E-state index < -0.39 is 0 Å². The molecule has 0 bridgehead atoms. The minimum Gasteiger partial charge on any atom is -0.240 e. The van der Waals surface area contributed by atoms with E-state index in [1.165, 1.54) is 5.56 Å². The molecule has 1 radical (unpaired) electrons. The molecule has 0 N–H and O–H groups in total. The molecule has 1 aromatic heterocycles. The first-order valence-electron chi connectivity index (χ1n) is 4.83. The Balaban J connectivity index is 2.34. The largest absolute Gasteiger partial charge is 0.240 e. The first-order chi connectivity index (χ1) is 6.79. The summed E-state index contributed by atoms with van der Waals surface area (Å²) in [5, 5.41) is 4.18. The Morgan fingerprint density at radius 1 is 1.29 bits per heavy atom. The summed E-state index contributed by atoms with van der Waals surface area (Å²) in [4.78, 5) is 0. The monoisotopic (exact) mass is 185 g/mol. The summed E-state index contributed by atoms with van der Waals surface area (Å²) in [5.74, 6) is 0. The first-order valence-corrected chi connectivity index (χ1v) is 4.83. The maximum Gasteiger partial charge on any atom is 0.116 e. The van der Waals surface area contributed by atoms with Crippen molar-refractivity contribution in [3.8, 4) is 5.69 Å². The van der Waals surface area contributed by atoms with E-state index in [1.54, 1.807) is 0 Å². The molecule has 2 heteroatoms. The molecule has 0 aliphatic rings. The Kier molecular flexibility index (Phi) is 2.35.